The molecule has 29 heavy (non-hydrogen) atoms. The lowest BCUT2D eigenvalue weighted by molar-refractivity contribution is 0.0942. The van der Waals surface area contributed by atoms with E-state index < -0.39 is 0 Å². The lowest BCUT2D eigenvalue weighted by Crippen LogP contribution is -2.44. The van der Waals surface area contributed by atoms with E-state index in [1.165, 1.54) is 0 Å². The summed E-state index contributed by atoms with van der Waals surface area (Å²) in [5.41, 5.74) is 2.49. The number of aromatic nitrogens is 1. The molecule has 1 fully saturated rings. The minimum Gasteiger partial charge on any atom is -0.352 e. The van der Waals surface area contributed by atoms with Gasteiger partial charge in [0.25, 0.3) is 5.91 Å². The number of carbonyl (C=O) groups excluding carboxylic acids is 2. The number of halogens is 1. The molecule has 7 heteroatoms. The van der Waals surface area contributed by atoms with Crippen molar-refractivity contribution in [1.29, 1.82) is 0 Å². The average Bonchev–Trinajstić information content (AvgIpc) is 2.73. The average molecular weight is 415 g/mol. The first-order valence-corrected chi connectivity index (χ1v) is 10.4. The van der Waals surface area contributed by atoms with Gasteiger partial charge in [-0.05, 0) is 68.4 Å². The molecule has 154 valence electrons. The van der Waals surface area contributed by atoms with Gasteiger partial charge in [0.2, 0.25) is 0 Å². The number of carbonyl (C=O) groups is 2. The van der Waals surface area contributed by atoms with Crippen molar-refractivity contribution in [3.8, 4) is 0 Å². The Bertz CT molecular complexity index is 816. The van der Waals surface area contributed by atoms with Crippen LogP contribution in [0.3, 0.4) is 0 Å². The van der Waals surface area contributed by atoms with E-state index in [1.54, 1.807) is 12.3 Å². The molecule has 1 heterocycles. The van der Waals surface area contributed by atoms with Gasteiger partial charge in [-0.15, -0.1) is 0 Å². The minimum atomic E-state index is -0.149. The lowest BCUT2D eigenvalue weighted by Gasteiger charge is -2.29. The second kappa shape index (κ2) is 10.3. The van der Waals surface area contributed by atoms with E-state index in [9.17, 15) is 9.59 Å². The summed E-state index contributed by atoms with van der Waals surface area (Å²) in [6.45, 7) is 3.02. The molecular weight excluding hydrogens is 388 g/mol. The van der Waals surface area contributed by atoms with Crippen LogP contribution in [0.4, 0.5) is 4.79 Å². The van der Waals surface area contributed by atoms with Crippen LogP contribution in [0.1, 0.15) is 47.3 Å². The molecule has 3 amide bonds. The van der Waals surface area contributed by atoms with E-state index in [1.807, 2.05) is 37.3 Å². The number of hydrogen-bond acceptors (Lipinski definition) is 3. The van der Waals surface area contributed by atoms with Gasteiger partial charge in [-0.2, -0.15) is 0 Å². The zero-order valence-electron chi connectivity index (χ0n) is 16.6. The number of aryl methyl sites for hydroxylation is 1. The fourth-order valence-electron chi connectivity index (χ4n) is 3.47. The number of rotatable bonds is 6. The van der Waals surface area contributed by atoms with E-state index >= 15 is 0 Å². The monoisotopic (exact) mass is 414 g/mol. The summed E-state index contributed by atoms with van der Waals surface area (Å²) >= 11 is 5.87. The number of hydrogen-bond donors (Lipinski definition) is 3. The Morgan fingerprint density at radius 2 is 1.76 bits per heavy atom. The van der Waals surface area contributed by atoms with Crippen molar-refractivity contribution in [2.24, 2.45) is 5.92 Å². The van der Waals surface area contributed by atoms with Gasteiger partial charge in [0.05, 0.1) is 5.56 Å². The highest BCUT2D eigenvalue weighted by atomic mass is 35.5. The highest BCUT2D eigenvalue weighted by Crippen LogP contribution is 2.23. The Balaban J connectivity index is 1.33. The van der Waals surface area contributed by atoms with E-state index in [2.05, 4.69) is 20.9 Å². The Morgan fingerprint density at radius 1 is 1.03 bits per heavy atom. The molecule has 0 atom stereocenters. The lowest BCUT2D eigenvalue weighted by atomic mass is 9.86. The molecule has 1 aromatic carbocycles. The van der Waals surface area contributed by atoms with Crippen molar-refractivity contribution in [3.05, 3.63) is 64.4 Å². The molecule has 0 unspecified atom stereocenters. The van der Waals surface area contributed by atoms with Gasteiger partial charge in [-0.25, -0.2) is 4.79 Å². The third-order valence-corrected chi connectivity index (χ3v) is 5.53. The van der Waals surface area contributed by atoms with Crippen molar-refractivity contribution in [2.45, 2.75) is 45.2 Å². The van der Waals surface area contributed by atoms with Gasteiger partial charge < -0.3 is 16.0 Å². The molecule has 1 saturated carbocycles. The minimum absolute atomic E-state index is 0.0840. The molecule has 2 aromatic rings. The maximum Gasteiger partial charge on any atom is 0.315 e. The van der Waals surface area contributed by atoms with Crippen LogP contribution in [-0.2, 0) is 6.54 Å². The fourth-order valence-corrected chi connectivity index (χ4v) is 3.60. The first-order valence-electron chi connectivity index (χ1n) is 9.99. The Labute approximate surface area is 176 Å². The molecule has 1 aliphatic rings. The predicted octanol–water partition coefficient (Wildman–Crippen LogP) is 3.83. The molecule has 3 N–H and O–H groups in total. The van der Waals surface area contributed by atoms with Gasteiger partial charge in [-0.3, -0.25) is 9.78 Å². The summed E-state index contributed by atoms with van der Waals surface area (Å²) < 4.78 is 0. The van der Waals surface area contributed by atoms with Crippen LogP contribution in [0.15, 0.2) is 42.6 Å². The van der Waals surface area contributed by atoms with Gasteiger partial charge in [0.1, 0.15) is 0 Å². The maximum absolute atomic E-state index is 12.2. The van der Waals surface area contributed by atoms with Crippen LogP contribution in [0.2, 0.25) is 5.02 Å². The first-order chi connectivity index (χ1) is 14.0. The quantitative estimate of drug-likeness (QED) is 0.671. The van der Waals surface area contributed by atoms with Crippen molar-refractivity contribution in [1.82, 2.24) is 20.9 Å². The molecule has 3 rings (SSSR count). The topological polar surface area (TPSA) is 83.1 Å². The van der Waals surface area contributed by atoms with Crippen LogP contribution in [0, 0.1) is 12.8 Å². The smallest absolute Gasteiger partial charge is 0.315 e. The molecule has 0 spiro atoms. The zero-order chi connectivity index (χ0) is 20.6. The third kappa shape index (κ3) is 6.75. The number of benzene rings is 1. The number of amides is 3. The largest absolute Gasteiger partial charge is 0.352 e. The highest BCUT2D eigenvalue weighted by Gasteiger charge is 2.23. The summed E-state index contributed by atoms with van der Waals surface area (Å²) in [6, 6.07) is 11.1. The summed E-state index contributed by atoms with van der Waals surface area (Å²) in [4.78, 5) is 28.5. The van der Waals surface area contributed by atoms with Crippen molar-refractivity contribution in [2.75, 3.05) is 6.54 Å². The molecule has 0 radical (unpaired) electrons. The number of nitrogens with one attached hydrogen (secondary N) is 3. The second-order valence-corrected chi connectivity index (χ2v) is 8.01. The van der Waals surface area contributed by atoms with Crippen molar-refractivity contribution >= 4 is 23.5 Å². The van der Waals surface area contributed by atoms with Gasteiger partial charge in [0.15, 0.2) is 0 Å². The van der Waals surface area contributed by atoms with Gasteiger partial charge in [-0.1, -0.05) is 23.7 Å². The van der Waals surface area contributed by atoms with E-state index in [0.29, 0.717) is 29.6 Å². The van der Waals surface area contributed by atoms with E-state index in [0.717, 1.165) is 36.9 Å². The number of pyridine rings is 1. The Hall–Kier alpha value is -2.60. The maximum atomic E-state index is 12.2. The normalized spacial score (nSPS) is 18.7. The third-order valence-electron chi connectivity index (χ3n) is 5.27. The molecule has 1 aliphatic carbocycles. The molecule has 6 nitrogen and oxygen atoms in total. The van der Waals surface area contributed by atoms with Crippen LogP contribution in [-0.4, -0.2) is 29.5 Å². The van der Waals surface area contributed by atoms with Crippen LogP contribution in [0.5, 0.6) is 0 Å². The number of urea groups is 1. The summed E-state index contributed by atoms with van der Waals surface area (Å²) in [6.07, 6.45) is 5.40. The van der Waals surface area contributed by atoms with E-state index in [4.69, 9.17) is 11.6 Å². The first kappa shape index (κ1) is 21.1. The summed E-state index contributed by atoms with van der Waals surface area (Å²) in [5.74, 6) is 0.354. The number of nitrogens with zero attached hydrogens (tertiary/aromatic N) is 1. The van der Waals surface area contributed by atoms with Crippen LogP contribution < -0.4 is 16.0 Å². The second-order valence-electron chi connectivity index (χ2n) is 7.57. The zero-order valence-corrected chi connectivity index (χ0v) is 17.3. The predicted molar refractivity (Wildman–Crippen MR) is 114 cm³/mol. The van der Waals surface area contributed by atoms with Crippen molar-refractivity contribution < 1.29 is 9.59 Å². The molecule has 1 aromatic heterocycles. The van der Waals surface area contributed by atoms with Crippen molar-refractivity contribution in [3.63, 3.8) is 0 Å². The van der Waals surface area contributed by atoms with E-state index in [-0.39, 0.29) is 18.0 Å². The molecular formula is C22H27ClN4O2. The highest BCUT2D eigenvalue weighted by molar-refractivity contribution is 6.30. The standard InChI is InChI=1S/C22H27ClN4O2/c1-15-2-7-18(14-24-15)21(28)25-12-17-5-10-20(11-6-17)27-22(29)26-13-16-3-8-19(23)9-4-16/h2-4,7-9,14,17,20H,5-6,10-13H2,1H3,(H,25,28)(H2,26,27,29). The molecule has 0 saturated heterocycles. The Kier molecular flexibility index (Phi) is 7.47. The summed E-state index contributed by atoms with van der Waals surface area (Å²) in [5, 5.41) is 9.61. The molecule has 0 aliphatic heterocycles. The fraction of sp³-hybridized carbons (Fsp3) is 0.409. The SMILES string of the molecule is Cc1ccc(C(=O)NCC2CCC(NC(=O)NCc3ccc(Cl)cc3)CC2)cn1. The molecule has 0 bridgehead atoms. The van der Waals surface area contributed by atoms with Crippen LogP contribution >= 0.6 is 11.6 Å². The van der Waals surface area contributed by atoms with Crippen LogP contribution in [0.25, 0.3) is 0 Å². The van der Waals surface area contributed by atoms with Gasteiger partial charge >= 0.3 is 6.03 Å². The summed E-state index contributed by atoms with van der Waals surface area (Å²) in [7, 11) is 0. The Morgan fingerprint density at radius 3 is 2.41 bits per heavy atom. The van der Waals surface area contributed by atoms with Gasteiger partial charge in [0, 0.05) is 36.0 Å².